The first kappa shape index (κ1) is 14.8. The number of rotatable bonds is 2. The summed E-state index contributed by atoms with van der Waals surface area (Å²) in [6.07, 6.45) is -4.03. The molecule has 1 heterocycles. The quantitative estimate of drug-likeness (QED) is 0.784. The minimum atomic E-state index is -4.61. The molecule has 1 aromatic carbocycles. The Labute approximate surface area is 113 Å². The van der Waals surface area contributed by atoms with Crippen molar-refractivity contribution in [3.8, 4) is 0 Å². The largest absolute Gasteiger partial charge is 0.416 e. The van der Waals surface area contributed by atoms with Crippen LogP contribution in [0.3, 0.4) is 0 Å². The van der Waals surface area contributed by atoms with E-state index in [2.05, 4.69) is 0 Å². The first-order chi connectivity index (χ1) is 9.30. The molecule has 1 aromatic rings. The highest BCUT2D eigenvalue weighted by atomic mass is 19.4. The van der Waals surface area contributed by atoms with E-state index in [1.54, 1.807) is 0 Å². The maximum Gasteiger partial charge on any atom is 0.416 e. The molecule has 0 aromatic heterocycles. The molecule has 0 bridgehead atoms. The van der Waals surface area contributed by atoms with Gasteiger partial charge in [0.2, 0.25) is 0 Å². The Morgan fingerprint density at radius 1 is 1.40 bits per heavy atom. The third kappa shape index (κ3) is 2.92. The zero-order chi connectivity index (χ0) is 14.9. The zero-order valence-electron chi connectivity index (χ0n) is 10.7. The van der Waals surface area contributed by atoms with Gasteiger partial charge in [-0.1, -0.05) is 0 Å². The number of halogens is 4. The number of carbonyl (C=O) groups is 1. The minimum absolute atomic E-state index is 0.239. The van der Waals surface area contributed by atoms with E-state index in [-0.39, 0.29) is 6.04 Å². The Morgan fingerprint density at radius 3 is 2.65 bits per heavy atom. The normalized spacial score (nSPS) is 19.1. The number of ether oxygens (including phenoxy) is 1. The predicted molar refractivity (Wildman–Crippen MR) is 62.7 cm³/mol. The number of hydrogen-bond acceptors (Lipinski definition) is 2. The average Bonchev–Trinajstić information content (AvgIpc) is 2.90. The summed E-state index contributed by atoms with van der Waals surface area (Å²) in [5.74, 6) is -1.74. The lowest BCUT2D eigenvalue weighted by Crippen LogP contribution is -2.37. The SMILES string of the molecule is CN(C(=O)c1cc(C(F)(F)F)ccc1F)C1CCOC1. The molecule has 1 aliphatic rings. The molecule has 0 spiro atoms. The van der Waals surface area contributed by atoms with Gasteiger partial charge in [-0.25, -0.2) is 4.39 Å². The van der Waals surface area contributed by atoms with Gasteiger partial charge in [-0.3, -0.25) is 4.79 Å². The number of hydrogen-bond donors (Lipinski definition) is 0. The van der Waals surface area contributed by atoms with Crippen LogP contribution in [0.15, 0.2) is 18.2 Å². The second-order valence-corrected chi connectivity index (χ2v) is 4.63. The lowest BCUT2D eigenvalue weighted by atomic mass is 10.1. The predicted octanol–water partition coefficient (Wildman–Crippen LogP) is 2.71. The van der Waals surface area contributed by atoms with Crippen molar-refractivity contribution in [3.63, 3.8) is 0 Å². The first-order valence-corrected chi connectivity index (χ1v) is 6.02. The van der Waals surface area contributed by atoms with E-state index in [1.165, 1.54) is 11.9 Å². The third-order valence-electron chi connectivity index (χ3n) is 3.30. The van der Waals surface area contributed by atoms with Crippen molar-refractivity contribution in [3.05, 3.63) is 35.1 Å². The first-order valence-electron chi connectivity index (χ1n) is 6.02. The number of carbonyl (C=O) groups excluding carboxylic acids is 1. The third-order valence-corrected chi connectivity index (χ3v) is 3.30. The van der Waals surface area contributed by atoms with Crippen LogP contribution in [0.1, 0.15) is 22.3 Å². The van der Waals surface area contributed by atoms with Crippen LogP contribution in [0.4, 0.5) is 17.6 Å². The highest BCUT2D eigenvalue weighted by molar-refractivity contribution is 5.94. The van der Waals surface area contributed by atoms with Crippen LogP contribution in [0, 0.1) is 5.82 Å². The highest BCUT2D eigenvalue weighted by Crippen LogP contribution is 2.30. The van der Waals surface area contributed by atoms with Gasteiger partial charge in [0.25, 0.3) is 5.91 Å². The highest BCUT2D eigenvalue weighted by Gasteiger charge is 2.33. The molecule has 1 fully saturated rings. The molecule has 1 saturated heterocycles. The smallest absolute Gasteiger partial charge is 0.379 e. The van der Waals surface area contributed by atoms with Crippen molar-refractivity contribution in [2.45, 2.75) is 18.6 Å². The van der Waals surface area contributed by atoms with Gasteiger partial charge in [0.15, 0.2) is 0 Å². The fraction of sp³-hybridized carbons (Fsp3) is 0.462. The summed E-state index contributed by atoms with van der Waals surface area (Å²) in [6.45, 7) is 0.788. The second kappa shape index (κ2) is 5.40. The summed E-state index contributed by atoms with van der Waals surface area (Å²) in [7, 11) is 1.43. The molecular formula is C13H13F4NO2. The van der Waals surface area contributed by atoms with Crippen LogP contribution < -0.4 is 0 Å². The Balaban J connectivity index is 2.28. The van der Waals surface area contributed by atoms with Gasteiger partial charge in [0.1, 0.15) is 5.82 Å². The Bertz CT molecular complexity index is 510. The molecule has 0 saturated carbocycles. The van der Waals surface area contributed by atoms with Gasteiger partial charge in [-0.15, -0.1) is 0 Å². The minimum Gasteiger partial charge on any atom is -0.379 e. The standard InChI is InChI=1S/C13H13F4NO2/c1-18(9-4-5-20-7-9)12(19)10-6-8(13(15,16)17)2-3-11(10)14/h2-3,6,9H,4-5,7H2,1H3. The summed E-state index contributed by atoms with van der Waals surface area (Å²) in [4.78, 5) is 13.3. The van der Waals surface area contributed by atoms with Gasteiger partial charge in [0.05, 0.1) is 23.8 Å². The molecule has 7 heteroatoms. The van der Waals surface area contributed by atoms with Crippen LogP contribution in [0.2, 0.25) is 0 Å². The topological polar surface area (TPSA) is 29.5 Å². The number of likely N-dealkylation sites (N-methyl/N-ethyl adjacent to an activating group) is 1. The molecule has 0 N–H and O–H groups in total. The van der Waals surface area contributed by atoms with E-state index in [0.717, 1.165) is 0 Å². The van der Waals surface area contributed by atoms with E-state index in [0.29, 0.717) is 37.8 Å². The van der Waals surface area contributed by atoms with Crippen LogP contribution in [-0.2, 0) is 10.9 Å². The summed E-state index contributed by atoms with van der Waals surface area (Å²) in [5.41, 5.74) is -1.62. The maximum absolute atomic E-state index is 13.6. The molecule has 3 nitrogen and oxygen atoms in total. The number of amides is 1. The molecule has 2 rings (SSSR count). The molecule has 1 unspecified atom stereocenters. The molecule has 0 aliphatic carbocycles. The Kier molecular flexibility index (Phi) is 3.99. The van der Waals surface area contributed by atoms with E-state index in [1.807, 2.05) is 0 Å². The van der Waals surface area contributed by atoms with Gasteiger partial charge in [0, 0.05) is 13.7 Å². The molecule has 1 atom stereocenters. The Hall–Kier alpha value is -1.63. The van der Waals surface area contributed by atoms with Gasteiger partial charge < -0.3 is 9.64 Å². The van der Waals surface area contributed by atoms with Crippen molar-refractivity contribution < 1.29 is 27.1 Å². The molecule has 1 aliphatic heterocycles. The van der Waals surface area contributed by atoms with E-state index < -0.39 is 29.0 Å². The van der Waals surface area contributed by atoms with Crippen LogP contribution in [0.25, 0.3) is 0 Å². The van der Waals surface area contributed by atoms with Crippen molar-refractivity contribution >= 4 is 5.91 Å². The van der Waals surface area contributed by atoms with Gasteiger partial charge in [-0.2, -0.15) is 13.2 Å². The van der Waals surface area contributed by atoms with Crippen molar-refractivity contribution in [1.82, 2.24) is 4.90 Å². The van der Waals surface area contributed by atoms with Crippen molar-refractivity contribution in [1.29, 1.82) is 0 Å². The van der Waals surface area contributed by atoms with E-state index in [9.17, 15) is 22.4 Å². The van der Waals surface area contributed by atoms with Crippen LogP contribution in [0.5, 0.6) is 0 Å². The number of alkyl halides is 3. The van der Waals surface area contributed by atoms with Gasteiger partial charge in [-0.05, 0) is 24.6 Å². The maximum atomic E-state index is 13.6. The summed E-state index contributed by atoms with van der Waals surface area (Å²) < 4.78 is 56.5. The van der Waals surface area contributed by atoms with Crippen molar-refractivity contribution in [2.24, 2.45) is 0 Å². The summed E-state index contributed by atoms with van der Waals surface area (Å²) >= 11 is 0. The lowest BCUT2D eigenvalue weighted by Gasteiger charge is -2.23. The van der Waals surface area contributed by atoms with Gasteiger partial charge >= 0.3 is 6.18 Å². The number of nitrogens with zero attached hydrogens (tertiary/aromatic N) is 1. The Morgan fingerprint density at radius 2 is 2.10 bits per heavy atom. The molecule has 20 heavy (non-hydrogen) atoms. The van der Waals surface area contributed by atoms with Crippen molar-refractivity contribution in [2.75, 3.05) is 20.3 Å². The molecule has 1 amide bonds. The van der Waals surface area contributed by atoms with E-state index >= 15 is 0 Å². The van der Waals surface area contributed by atoms with Crippen LogP contribution in [-0.4, -0.2) is 37.1 Å². The number of benzene rings is 1. The average molecular weight is 291 g/mol. The zero-order valence-corrected chi connectivity index (χ0v) is 10.7. The monoisotopic (exact) mass is 291 g/mol. The molecule has 0 radical (unpaired) electrons. The van der Waals surface area contributed by atoms with Crippen LogP contribution >= 0.6 is 0 Å². The fourth-order valence-corrected chi connectivity index (χ4v) is 2.05. The second-order valence-electron chi connectivity index (χ2n) is 4.63. The molecule has 110 valence electrons. The fourth-order valence-electron chi connectivity index (χ4n) is 2.05. The molecular weight excluding hydrogens is 278 g/mol. The van der Waals surface area contributed by atoms with E-state index in [4.69, 9.17) is 4.74 Å². The summed E-state index contributed by atoms with van der Waals surface area (Å²) in [6, 6.07) is 1.58. The lowest BCUT2D eigenvalue weighted by molar-refractivity contribution is -0.137. The summed E-state index contributed by atoms with van der Waals surface area (Å²) in [5, 5.41) is 0.